The molecule has 0 saturated carbocycles. The fourth-order valence-corrected chi connectivity index (χ4v) is 2.69. The van der Waals surface area contributed by atoms with E-state index >= 15 is 0 Å². The molecule has 116 valence electrons. The monoisotopic (exact) mass is 343 g/mol. The number of rotatable bonds is 3. The number of alkyl halides is 1. The average Bonchev–Trinajstić information content (AvgIpc) is 2.57. The molecule has 3 nitrogen and oxygen atoms in total. The molecule has 1 atom stereocenters. The van der Waals surface area contributed by atoms with Crippen molar-refractivity contribution in [1.82, 2.24) is 5.32 Å². The van der Waals surface area contributed by atoms with Gasteiger partial charge < -0.3 is 11.1 Å². The molecule has 1 aliphatic heterocycles. The topological polar surface area (TPSA) is 50.4 Å². The molecule has 0 aliphatic carbocycles. The van der Waals surface area contributed by atoms with Crippen LogP contribution in [-0.2, 0) is 0 Å². The van der Waals surface area contributed by atoms with Gasteiger partial charge in [0.15, 0.2) is 0 Å². The lowest BCUT2D eigenvalue weighted by molar-refractivity contribution is 0.656. The quantitative estimate of drug-likeness (QED) is 0.377. The Morgan fingerprint density at radius 3 is 2.57 bits per heavy atom. The number of hydrogen-bond acceptors (Lipinski definition) is 3. The van der Waals surface area contributed by atoms with E-state index in [0.717, 1.165) is 11.1 Å². The average molecular weight is 344 g/mol. The number of dihydropyridines is 1. The van der Waals surface area contributed by atoms with Crippen molar-refractivity contribution in [3.05, 3.63) is 89.1 Å². The molecule has 0 saturated heterocycles. The van der Waals surface area contributed by atoms with Gasteiger partial charge >= 0.3 is 0 Å². The second kappa shape index (κ2) is 6.49. The number of allylic oxidation sites excluding steroid dienone is 2. The summed E-state index contributed by atoms with van der Waals surface area (Å²) in [6.07, 6.45) is 7.22. The van der Waals surface area contributed by atoms with E-state index in [2.05, 4.69) is 5.32 Å². The van der Waals surface area contributed by atoms with Gasteiger partial charge in [-0.15, -0.1) is 0 Å². The predicted octanol–water partition coefficient (Wildman–Crippen LogP) is 4.33. The molecule has 0 bridgehead atoms. The summed E-state index contributed by atoms with van der Waals surface area (Å²) in [5.41, 5.74) is 9.06. The van der Waals surface area contributed by atoms with Crippen molar-refractivity contribution in [1.29, 1.82) is 0 Å². The normalized spacial score (nSPS) is 20.3. The first-order chi connectivity index (χ1) is 11.1. The Kier molecular flexibility index (Phi) is 4.42. The molecule has 2 aromatic carbocycles. The van der Waals surface area contributed by atoms with Gasteiger partial charge in [0.05, 0.1) is 5.71 Å². The third-order valence-electron chi connectivity index (χ3n) is 3.40. The Labute approximate surface area is 145 Å². The molecule has 1 heterocycles. The van der Waals surface area contributed by atoms with E-state index < -0.39 is 5.12 Å². The predicted molar refractivity (Wildman–Crippen MR) is 97.9 cm³/mol. The minimum absolute atomic E-state index is 0.590. The molecule has 0 radical (unpaired) electrons. The van der Waals surface area contributed by atoms with Crippen LogP contribution in [0.1, 0.15) is 11.1 Å². The number of nitrogen functional groups attached to an aromatic ring is 1. The van der Waals surface area contributed by atoms with Crippen molar-refractivity contribution in [2.45, 2.75) is 5.12 Å². The van der Waals surface area contributed by atoms with Crippen LogP contribution in [0.3, 0.4) is 0 Å². The van der Waals surface area contributed by atoms with E-state index in [4.69, 9.17) is 33.9 Å². The van der Waals surface area contributed by atoms with Crippen LogP contribution in [0.15, 0.2) is 78.0 Å². The summed E-state index contributed by atoms with van der Waals surface area (Å²) < 4.78 is 0. The fraction of sp³-hybridized carbons (Fsp3) is 0.0556. The van der Waals surface area contributed by atoms with Crippen LogP contribution < -0.4 is 11.1 Å². The van der Waals surface area contributed by atoms with E-state index in [1.807, 2.05) is 42.5 Å². The Morgan fingerprint density at radius 1 is 1.09 bits per heavy atom. The van der Waals surface area contributed by atoms with E-state index in [1.54, 1.807) is 30.5 Å². The van der Waals surface area contributed by atoms with Crippen LogP contribution in [0.25, 0.3) is 0 Å². The van der Waals surface area contributed by atoms with E-state index in [0.29, 0.717) is 16.4 Å². The van der Waals surface area contributed by atoms with E-state index in [1.165, 1.54) is 0 Å². The van der Waals surface area contributed by atoms with Crippen molar-refractivity contribution in [3.8, 4) is 0 Å². The lowest BCUT2D eigenvalue weighted by atomic mass is 10.0. The van der Waals surface area contributed by atoms with Gasteiger partial charge in [0, 0.05) is 21.8 Å². The molecule has 0 fully saturated rings. The summed E-state index contributed by atoms with van der Waals surface area (Å²) in [7, 11) is 0. The number of anilines is 1. The zero-order chi connectivity index (χ0) is 16.3. The van der Waals surface area contributed by atoms with Gasteiger partial charge in [0.1, 0.15) is 0 Å². The molecule has 1 unspecified atom stereocenters. The number of aliphatic imine (C=N–C) groups is 1. The van der Waals surface area contributed by atoms with Crippen LogP contribution >= 0.6 is 23.2 Å². The van der Waals surface area contributed by atoms with E-state index in [9.17, 15) is 0 Å². The highest BCUT2D eigenvalue weighted by Gasteiger charge is 2.24. The molecule has 5 heteroatoms. The van der Waals surface area contributed by atoms with Gasteiger partial charge in [-0.2, -0.15) is 0 Å². The highest BCUT2D eigenvalue weighted by atomic mass is 35.5. The highest BCUT2D eigenvalue weighted by Crippen LogP contribution is 2.26. The molecule has 3 N–H and O–H groups in total. The maximum Gasteiger partial charge on any atom is 0.226 e. The smallest absolute Gasteiger partial charge is 0.226 e. The molecule has 0 spiro atoms. The molecular weight excluding hydrogens is 329 g/mol. The maximum absolute atomic E-state index is 6.55. The summed E-state index contributed by atoms with van der Waals surface area (Å²) in [6.45, 7) is 0. The number of benzene rings is 2. The van der Waals surface area contributed by atoms with Gasteiger partial charge in [0.2, 0.25) is 5.12 Å². The third-order valence-corrected chi connectivity index (χ3v) is 3.96. The molecular formula is C18H15Cl2N3. The van der Waals surface area contributed by atoms with Crippen LogP contribution in [0.4, 0.5) is 5.69 Å². The first-order valence-corrected chi connectivity index (χ1v) is 7.85. The zero-order valence-electron chi connectivity index (χ0n) is 12.2. The lowest BCUT2D eigenvalue weighted by Gasteiger charge is -2.23. The molecule has 0 amide bonds. The number of halogens is 2. The lowest BCUT2D eigenvalue weighted by Crippen LogP contribution is -2.34. The Bertz CT molecular complexity index is 797. The Morgan fingerprint density at radius 2 is 1.87 bits per heavy atom. The van der Waals surface area contributed by atoms with Gasteiger partial charge in [0.25, 0.3) is 0 Å². The standard InChI is InChI=1S/C18H15Cl2N3/c19-14-8-9-16(21)15(12-14)17(13-6-2-1-3-7-13)23-18(20)10-4-5-11-22-18/h1-12,22H,21H2/b23-17-. The van der Waals surface area contributed by atoms with Crippen molar-refractivity contribution in [2.75, 3.05) is 5.73 Å². The summed E-state index contributed by atoms with van der Waals surface area (Å²) in [6, 6.07) is 15.1. The van der Waals surface area contributed by atoms with Crippen LogP contribution in [0.5, 0.6) is 0 Å². The number of nitrogens with zero attached hydrogens (tertiary/aromatic N) is 1. The summed E-state index contributed by atoms with van der Waals surface area (Å²) in [5, 5.41) is 2.57. The molecule has 1 aliphatic rings. The van der Waals surface area contributed by atoms with Crippen LogP contribution in [0, 0.1) is 0 Å². The fourth-order valence-electron chi connectivity index (χ4n) is 2.29. The largest absolute Gasteiger partial charge is 0.398 e. The maximum atomic E-state index is 6.55. The second-order valence-electron chi connectivity index (χ2n) is 5.09. The highest BCUT2D eigenvalue weighted by molar-refractivity contribution is 6.32. The minimum atomic E-state index is -1.06. The van der Waals surface area contributed by atoms with Crippen molar-refractivity contribution < 1.29 is 0 Å². The van der Waals surface area contributed by atoms with Gasteiger partial charge in [-0.05, 0) is 36.6 Å². The minimum Gasteiger partial charge on any atom is -0.398 e. The molecule has 3 rings (SSSR count). The van der Waals surface area contributed by atoms with Crippen molar-refractivity contribution in [2.24, 2.45) is 4.99 Å². The van der Waals surface area contributed by atoms with Gasteiger partial charge in [-0.25, -0.2) is 4.99 Å². The summed E-state index contributed by atoms with van der Waals surface area (Å²) in [5.74, 6) is 0. The van der Waals surface area contributed by atoms with Crippen molar-refractivity contribution >= 4 is 34.6 Å². The van der Waals surface area contributed by atoms with E-state index in [-0.39, 0.29) is 0 Å². The van der Waals surface area contributed by atoms with Crippen molar-refractivity contribution in [3.63, 3.8) is 0 Å². The summed E-state index contributed by atoms with van der Waals surface area (Å²) in [4.78, 5) is 4.70. The Hall–Kier alpha value is -2.23. The zero-order valence-corrected chi connectivity index (χ0v) is 13.7. The Balaban J connectivity index is 2.17. The van der Waals surface area contributed by atoms with Crippen LogP contribution in [0.2, 0.25) is 5.02 Å². The first-order valence-electron chi connectivity index (χ1n) is 7.09. The number of nitrogens with two attached hydrogens (primary N) is 1. The van der Waals surface area contributed by atoms with Crippen LogP contribution in [-0.4, -0.2) is 10.8 Å². The third kappa shape index (κ3) is 3.58. The number of nitrogens with one attached hydrogen (secondary N) is 1. The molecule has 0 aromatic heterocycles. The summed E-state index contributed by atoms with van der Waals surface area (Å²) >= 11 is 12.7. The van der Waals surface area contributed by atoms with Gasteiger partial charge in [-0.3, -0.25) is 0 Å². The number of hydrogen-bond donors (Lipinski definition) is 2. The van der Waals surface area contributed by atoms with Gasteiger partial charge in [-0.1, -0.05) is 59.6 Å². The second-order valence-corrected chi connectivity index (χ2v) is 6.11. The molecule has 2 aromatic rings. The SMILES string of the molecule is Nc1ccc(Cl)cc1/C(=N\C1(Cl)C=CC=CN1)c1ccccc1. The first kappa shape index (κ1) is 15.7. The molecule has 23 heavy (non-hydrogen) atoms.